The molecule has 0 bridgehead atoms. The number of carbonyl (C=O) groups excluding carboxylic acids is 2. The molecule has 0 radical (unpaired) electrons. The molecule has 0 saturated heterocycles. The lowest BCUT2D eigenvalue weighted by Crippen LogP contribution is -2.22. The van der Waals surface area contributed by atoms with Crippen molar-refractivity contribution in [2.24, 2.45) is 0 Å². The number of hydrogen-bond donors (Lipinski definition) is 2. The lowest BCUT2D eigenvalue weighted by Gasteiger charge is -2.09. The molecule has 0 spiro atoms. The van der Waals surface area contributed by atoms with Crippen LogP contribution in [0.25, 0.3) is 0 Å². The topological polar surface area (TPSA) is 80.3 Å². The van der Waals surface area contributed by atoms with Gasteiger partial charge in [-0.25, -0.2) is 4.98 Å². The van der Waals surface area contributed by atoms with Gasteiger partial charge in [-0.05, 0) is 55.3 Å². The SMILES string of the molecule is CCCC(=O)Nc1ccc(CNC(=O)c2ccc(OCc3csc(C)n3)cc2)cc1. The van der Waals surface area contributed by atoms with Crippen LogP contribution in [0.4, 0.5) is 5.69 Å². The van der Waals surface area contributed by atoms with Gasteiger partial charge in [0.25, 0.3) is 5.91 Å². The molecule has 30 heavy (non-hydrogen) atoms. The van der Waals surface area contributed by atoms with Gasteiger partial charge in [0.2, 0.25) is 5.91 Å². The molecular weight excluding hydrogens is 398 g/mol. The fourth-order valence-corrected chi connectivity index (χ4v) is 3.37. The molecule has 3 rings (SSSR count). The summed E-state index contributed by atoms with van der Waals surface area (Å²) in [5.41, 5.74) is 3.17. The summed E-state index contributed by atoms with van der Waals surface area (Å²) in [7, 11) is 0. The van der Waals surface area contributed by atoms with E-state index in [1.165, 1.54) is 0 Å². The minimum atomic E-state index is -0.156. The van der Waals surface area contributed by atoms with Crippen molar-refractivity contribution in [2.75, 3.05) is 5.32 Å². The molecule has 2 amide bonds. The number of rotatable bonds is 9. The van der Waals surface area contributed by atoms with Gasteiger partial charge < -0.3 is 15.4 Å². The van der Waals surface area contributed by atoms with Crippen LogP contribution in [-0.2, 0) is 17.9 Å². The molecule has 2 N–H and O–H groups in total. The fourth-order valence-electron chi connectivity index (χ4n) is 2.78. The van der Waals surface area contributed by atoms with Crippen molar-refractivity contribution in [2.45, 2.75) is 39.8 Å². The molecule has 0 saturated carbocycles. The monoisotopic (exact) mass is 423 g/mol. The largest absolute Gasteiger partial charge is 0.487 e. The third-order valence-electron chi connectivity index (χ3n) is 4.34. The Balaban J connectivity index is 1.46. The Morgan fingerprint density at radius 1 is 1.07 bits per heavy atom. The summed E-state index contributed by atoms with van der Waals surface area (Å²) in [6.07, 6.45) is 1.32. The van der Waals surface area contributed by atoms with E-state index >= 15 is 0 Å². The first-order valence-corrected chi connectivity index (χ1v) is 10.7. The number of amides is 2. The maximum atomic E-state index is 12.4. The van der Waals surface area contributed by atoms with Gasteiger partial charge in [-0.2, -0.15) is 0 Å². The number of anilines is 1. The number of aromatic nitrogens is 1. The molecule has 0 aliphatic heterocycles. The van der Waals surface area contributed by atoms with E-state index in [-0.39, 0.29) is 11.8 Å². The number of benzene rings is 2. The fraction of sp³-hybridized carbons (Fsp3) is 0.261. The van der Waals surface area contributed by atoms with E-state index in [1.54, 1.807) is 35.6 Å². The van der Waals surface area contributed by atoms with Gasteiger partial charge in [0.15, 0.2) is 0 Å². The van der Waals surface area contributed by atoms with Crippen LogP contribution in [-0.4, -0.2) is 16.8 Å². The Hall–Kier alpha value is -3.19. The summed E-state index contributed by atoms with van der Waals surface area (Å²) in [4.78, 5) is 28.4. The molecule has 0 aliphatic carbocycles. The summed E-state index contributed by atoms with van der Waals surface area (Å²) >= 11 is 1.59. The average molecular weight is 424 g/mol. The predicted molar refractivity (Wildman–Crippen MR) is 119 cm³/mol. The Morgan fingerprint density at radius 3 is 2.43 bits per heavy atom. The molecule has 7 heteroatoms. The normalized spacial score (nSPS) is 10.5. The van der Waals surface area contributed by atoms with Crippen molar-refractivity contribution < 1.29 is 14.3 Å². The van der Waals surface area contributed by atoms with Crippen LogP contribution in [0, 0.1) is 6.92 Å². The summed E-state index contributed by atoms with van der Waals surface area (Å²) in [6.45, 7) is 4.74. The number of carbonyl (C=O) groups is 2. The van der Waals surface area contributed by atoms with E-state index in [1.807, 2.05) is 43.5 Å². The van der Waals surface area contributed by atoms with Gasteiger partial charge in [-0.3, -0.25) is 9.59 Å². The van der Waals surface area contributed by atoms with Gasteiger partial charge >= 0.3 is 0 Å². The van der Waals surface area contributed by atoms with Crippen molar-refractivity contribution >= 4 is 28.8 Å². The number of nitrogens with zero attached hydrogens (tertiary/aromatic N) is 1. The smallest absolute Gasteiger partial charge is 0.251 e. The van der Waals surface area contributed by atoms with Crippen LogP contribution in [0.5, 0.6) is 5.75 Å². The molecule has 0 aliphatic rings. The average Bonchev–Trinajstić information content (AvgIpc) is 3.17. The maximum Gasteiger partial charge on any atom is 0.251 e. The second-order valence-electron chi connectivity index (χ2n) is 6.85. The lowest BCUT2D eigenvalue weighted by molar-refractivity contribution is -0.116. The highest BCUT2D eigenvalue weighted by Crippen LogP contribution is 2.16. The van der Waals surface area contributed by atoms with Crippen LogP contribution < -0.4 is 15.4 Å². The molecule has 6 nitrogen and oxygen atoms in total. The number of aryl methyl sites for hydroxylation is 1. The summed E-state index contributed by atoms with van der Waals surface area (Å²) in [5, 5.41) is 8.73. The number of hydrogen-bond acceptors (Lipinski definition) is 5. The second kappa shape index (κ2) is 10.5. The van der Waals surface area contributed by atoms with Gasteiger partial charge in [-0.15, -0.1) is 11.3 Å². The van der Waals surface area contributed by atoms with Gasteiger partial charge in [-0.1, -0.05) is 19.1 Å². The molecule has 3 aromatic rings. The van der Waals surface area contributed by atoms with Crippen molar-refractivity contribution in [3.8, 4) is 5.75 Å². The number of ether oxygens (including phenoxy) is 1. The van der Waals surface area contributed by atoms with E-state index in [9.17, 15) is 9.59 Å². The number of nitrogens with one attached hydrogen (secondary N) is 2. The summed E-state index contributed by atoms with van der Waals surface area (Å²) in [6, 6.07) is 14.5. The van der Waals surface area contributed by atoms with Gasteiger partial charge in [0.1, 0.15) is 12.4 Å². The molecule has 2 aromatic carbocycles. The zero-order chi connectivity index (χ0) is 21.3. The zero-order valence-corrected chi connectivity index (χ0v) is 17.9. The highest BCUT2D eigenvalue weighted by Gasteiger charge is 2.07. The highest BCUT2D eigenvalue weighted by molar-refractivity contribution is 7.09. The third-order valence-corrected chi connectivity index (χ3v) is 5.16. The maximum absolute atomic E-state index is 12.4. The highest BCUT2D eigenvalue weighted by atomic mass is 32.1. The van der Waals surface area contributed by atoms with Crippen LogP contribution >= 0.6 is 11.3 Å². The third kappa shape index (κ3) is 6.42. The standard InChI is InChI=1S/C23H25N3O3S/c1-3-4-22(27)26-19-9-5-17(6-10-19)13-24-23(28)18-7-11-21(12-8-18)29-14-20-15-30-16(2)25-20/h5-12,15H,3-4,13-14H2,1-2H3,(H,24,28)(H,26,27). The lowest BCUT2D eigenvalue weighted by atomic mass is 10.1. The van der Waals surface area contributed by atoms with E-state index in [4.69, 9.17) is 4.74 Å². The summed E-state index contributed by atoms with van der Waals surface area (Å²) in [5.74, 6) is 0.544. The predicted octanol–water partition coefficient (Wildman–Crippen LogP) is 4.70. The molecule has 1 heterocycles. The van der Waals surface area contributed by atoms with Crippen LogP contribution in [0.2, 0.25) is 0 Å². The Bertz CT molecular complexity index is 982. The Labute approximate surface area is 180 Å². The first kappa shape index (κ1) is 21.5. The summed E-state index contributed by atoms with van der Waals surface area (Å²) < 4.78 is 5.71. The van der Waals surface area contributed by atoms with Crippen LogP contribution in [0.3, 0.4) is 0 Å². The first-order chi connectivity index (χ1) is 14.5. The number of thiazole rings is 1. The Kier molecular flexibility index (Phi) is 7.57. The molecule has 0 fully saturated rings. The van der Waals surface area contributed by atoms with Crippen molar-refractivity contribution in [3.05, 3.63) is 75.7 Å². The van der Waals surface area contributed by atoms with Crippen LogP contribution in [0.1, 0.15) is 46.4 Å². The molecule has 0 unspecified atom stereocenters. The van der Waals surface area contributed by atoms with Gasteiger partial charge in [0, 0.05) is 29.6 Å². The van der Waals surface area contributed by atoms with E-state index in [2.05, 4.69) is 15.6 Å². The second-order valence-corrected chi connectivity index (χ2v) is 7.91. The van der Waals surface area contributed by atoms with Gasteiger partial charge in [0.05, 0.1) is 10.7 Å². The quantitative estimate of drug-likeness (QED) is 0.523. The molecule has 0 atom stereocenters. The minimum absolute atomic E-state index is 0.00711. The molecule has 156 valence electrons. The Morgan fingerprint density at radius 2 is 1.80 bits per heavy atom. The van der Waals surface area contributed by atoms with E-state index < -0.39 is 0 Å². The van der Waals surface area contributed by atoms with Crippen LogP contribution in [0.15, 0.2) is 53.9 Å². The molecule has 1 aromatic heterocycles. The first-order valence-electron chi connectivity index (χ1n) is 9.84. The van der Waals surface area contributed by atoms with Crippen molar-refractivity contribution in [1.29, 1.82) is 0 Å². The van der Waals surface area contributed by atoms with Crippen molar-refractivity contribution in [3.63, 3.8) is 0 Å². The van der Waals surface area contributed by atoms with E-state index in [0.717, 1.165) is 28.4 Å². The van der Waals surface area contributed by atoms with Crippen molar-refractivity contribution in [1.82, 2.24) is 10.3 Å². The van der Waals surface area contributed by atoms with E-state index in [0.29, 0.717) is 30.9 Å². The molecular formula is C23H25N3O3S. The minimum Gasteiger partial charge on any atom is -0.487 e. The zero-order valence-electron chi connectivity index (χ0n) is 17.1.